The third-order valence-electron chi connectivity index (χ3n) is 3.83. The highest BCUT2D eigenvalue weighted by Crippen LogP contribution is 2.21. The van der Waals surface area contributed by atoms with Crippen LogP contribution in [0.25, 0.3) is 0 Å². The van der Waals surface area contributed by atoms with Crippen molar-refractivity contribution in [1.82, 2.24) is 15.2 Å². The second-order valence-corrected chi connectivity index (χ2v) is 6.47. The van der Waals surface area contributed by atoms with E-state index in [-0.39, 0.29) is 5.91 Å². The van der Waals surface area contributed by atoms with Crippen molar-refractivity contribution in [3.8, 4) is 0 Å². The van der Waals surface area contributed by atoms with E-state index in [0.717, 1.165) is 19.6 Å². The minimum atomic E-state index is -0.212. The summed E-state index contributed by atoms with van der Waals surface area (Å²) in [6, 6.07) is 4.99. The molecule has 0 aliphatic carbocycles. The van der Waals surface area contributed by atoms with Gasteiger partial charge in [-0.25, -0.2) is 5.84 Å². The zero-order valence-electron chi connectivity index (χ0n) is 11.7. The first-order chi connectivity index (χ1) is 9.01. The number of hydrogen-bond donors (Lipinski definition) is 2. The zero-order chi connectivity index (χ0) is 14.0. The molecule has 1 amide bonds. The van der Waals surface area contributed by atoms with Crippen LogP contribution in [-0.2, 0) is 6.54 Å². The molecular weight excluding hydrogens is 260 g/mol. The van der Waals surface area contributed by atoms with Crippen LogP contribution in [0.3, 0.4) is 0 Å². The van der Waals surface area contributed by atoms with Crippen molar-refractivity contribution in [3.05, 3.63) is 21.9 Å². The summed E-state index contributed by atoms with van der Waals surface area (Å²) in [5, 5.41) is 0. The van der Waals surface area contributed by atoms with Gasteiger partial charge in [0.05, 0.1) is 4.88 Å². The molecule has 1 aromatic rings. The Morgan fingerprint density at radius 2 is 2.05 bits per heavy atom. The second kappa shape index (κ2) is 6.00. The van der Waals surface area contributed by atoms with E-state index >= 15 is 0 Å². The number of hydrogen-bond acceptors (Lipinski definition) is 5. The third-order valence-corrected chi connectivity index (χ3v) is 4.90. The monoisotopic (exact) mass is 282 g/mol. The Bertz CT molecular complexity index is 436. The van der Waals surface area contributed by atoms with Gasteiger partial charge in [-0.2, -0.15) is 0 Å². The lowest BCUT2D eigenvalue weighted by Gasteiger charge is -2.42. The first kappa shape index (κ1) is 14.5. The van der Waals surface area contributed by atoms with Crippen LogP contribution in [0.5, 0.6) is 0 Å². The number of carbonyl (C=O) groups is 1. The Labute approximate surface area is 118 Å². The molecule has 1 aliphatic rings. The highest BCUT2D eigenvalue weighted by molar-refractivity contribution is 7.14. The topological polar surface area (TPSA) is 61.6 Å². The van der Waals surface area contributed by atoms with Crippen LogP contribution in [-0.4, -0.2) is 47.9 Å². The van der Waals surface area contributed by atoms with E-state index in [0.29, 0.717) is 17.0 Å². The van der Waals surface area contributed by atoms with Crippen LogP contribution in [0.2, 0.25) is 0 Å². The summed E-state index contributed by atoms with van der Waals surface area (Å²) in [7, 11) is 2.18. The molecule has 1 aliphatic heterocycles. The lowest BCUT2D eigenvalue weighted by Crippen LogP contribution is -2.54. The number of piperazine rings is 1. The molecule has 1 fully saturated rings. The molecule has 0 aromatic carbocycles. The van der Waals surface area contributed by atoms with Gasteiger partial charge in [0.1, 0.15) is 0 Å². The van der Waals surface area contributed by atoms with E-state index in [9.17, 15) is 4.79 Å². The van der Waals surface area contributed by atoms with Crippen LogP contribution >= 0.6 is 11.3 Å². The minimum Gasteiger partial charge on any atom is -0.298 e. The van der Waals surface area contributed by atoms with Gasteiger partial charge in [0.2, 0.25) is 0 Å². The van der Waals surface area contributed by atoms with Crippen molar-refractivity contribution >= 4 is 17.2 Å². The summed E-state index contributed by atoms with van der Waals surface area (Å²) >= 11 is 1.52. The maximum atomic E-state index is 11.4. The summed E-state index contributed by atoms with van der Waals surface area (Å²) in [4.78, 5) is 18.2. The van der Waals surface area contributed by atoms with Gasteiger partial charge < -0.3 is 0 Å². The van der Waals surface area contributed by atoms with Crippen molar-refractivity contribution < 1.29 is 4.79 Å². The molecule has 6 heteroatoms. The molecule has 2 heterocycles. The fraction of sp³-hybridized carbons (Fsp3) is 0.615. The van der Waals surface area contributed by atoms with Crippen LogP contribution in [0.4, 0.5) is 0 Å². The number of nitrogens with two attached hydrogens (primary N) is 1. The molecule has 2 unspecified atom stereocenters. The Morgan fingerprint density at radius 1 is 1.42 bits per heavy atom. The number of nitrogen functional groups attached to an aromatic ring is 1. The Morgan fingerprint density at radius 3 is 2.63 bits per heavy atom. The molecule has 1 saturated heterocycles. The minimum absolute atomic E-state index is 0.212. The predicted molar refractivity (Wildman–Crippen MR) is 77.9 cm³/mol. The van der Waals surface area contributed by atoms with Gasteiger partial charge in [-0.1, -0.05) is 0 Å². The smallest absolute Gasteiger partial charge is 0.275 e. The average molecular weight is 282 g/mol. The molecule has 0 saturated carbocycles. The van der Waals surface area contributed by atoms with Crippen molar-refractivity contribution in [2.45, 2.75) is 32.5 Å². The van der Waals surface area contributed by atoms with Gasteiger partial charge >= 0.3 is 0 Å². The van der Waals surface area contributed by atoms with E-state index in [2.05, 4.69) is 36.1 Å². The summed E-state index contributed by atoms with van der Waals surface area (Å²) in [5.74, 6) is 4.93. The van der Waals surface area contributed by atoms with Crippen molar-refractivity contribution in [2.24, 2.45) is 5.84 Å². The molecule has 5 nitrogen and oxygen atoms in total. The maximum absolute atomic E-state index is 11.4. The summed E-state index contributed by atoms with van der Waals surface area (Å²) < 4.78 is 0. The number of nitrogens with zero attached hydrogens (tertiary/aromatic N) is 2. The van der Waals surface area contributed by atoms with Crippen molar-refractivity contribution in [3.63, 3.8) is 0 Å². The van der Waals surface area contributed by atoms with E-state index in [1.165, 1.54) is 16.2 Å². The van der Waals surface area contributed by atoms with Crippen molar-refractivity contribution in [1.29, 1.82) is 0 Å². The molecule has 106 valence electrons. The predicted octanol–water partition coefficient (Wildman–Crippen LogP) is 0.876. The lowest BCUT2D eigenvalue weighted by molar-refractivity contribution is 0.0562. The zero-order valence-corrected chi connectivity index (χ0v) is 12.5. The van der Waals surface area contributed by atoms with E-state index in [1.807, 2.05) is 12.1 Å². The quantitative estimate of drug-likeness (QED) is 0.491. The summed E-state index contributed by atoms with van der Waals surface area (Å²) in [5.41, 5.74) is 2.17. The molecule has 3 N–H and O–H groups in total. The molecule has 2 rings (SSSR count). The third kappa shape index (κ3) is 3.33. The molecule has 0 radical (unpaired) electrons. The largest absolute Gasteiger partial charge is 0.298 e. The van der Waals surface area contributed by atoms with Gasteiger partial charge in [0.25, 0.3) is 5.91 Å². The Hall–Kier alpha value is -0.950. The Kier molecular flexibility index (Phi) is 4.57. The van der Waals surface area contributed by atoms with Gasteiger partial charge in [-0.05, 0) is 33.0 Å². The summed E-state index contributed by atoms with van der Waals surface area (Å²) in [6.45, 7) is 7.55. The normalized spacial score (nSPS) is 25.5. The molecular formula is C13H22N4OS. The average Bonchev–Trinajstić information content (AvgIpc) is 2.83. The lowest BCUT2D eigenvalue weighted by atomic mass is 10.1. The van der Waals surface area contributed by atoms with Crippen LogP contribution in [0.15, 0.2) is 12.1 Å². The number of carbonyl (C=O) groups excluding carboxylic acids is 1. The van der Waals surface area contributed by atoms with Gasteiger partial charge in [0.15, 0.2) is 0 Å². The number of thiophene rings is 1. The first-order valence-corrected chi connectivity index (χ1v) is 7.37. The maximum Gasteiger partial charge on any atom is 0.275 e. The van der Waals surface area contributed by atoms with Gasteiger partial charge in [-0.3, -0.25) is 20.0 Å². The summed E-state index contributed by atoms with van der Waals surface area (Å²) in [6.07, 6.45) is 0. The van der Waals surface area contributed by atoms with Gasteiger partial charge in [-0.15, -0.1) is 11.3 Å². The number of amides is 1. The molecule has 2 atom stereocenters. The van der Waals surface area contributed by atoms with E-state index in [4.69, 9.17) is 5.84 Å². The second-order valence-electron chi connectivity index (χ2n) is 5.30. The number of likely N-dealkylation sites (N-methyl/N-ethyl adjacent to an activating group) is 1. The Balaban J connectivity index is 1.98. The standard InChI is InChI=1S/C13H22N4OS/c1-9-6-17(7-10(2)16(9)3)8-11-4-5-12(19-11)13(18)15-14/h4-5,9-10H,6-8,14H2,1-3H3,(H,15,18). The SMILES string of the molecule is CC1CN(Cc2ccc(C(=O)NN)s2)CC(C)N1C. The van der Waals surface area contributed by atoms with Crippen LogP contribution < -0.4 is 11.3 Å². The van der Waals surface area contributed by atoms with E-state index < -0.39 is 0 Å². The number of rotatable bonds is 3. The van der Waals surface area contributed by atoms with Crippen LogP contribution in [0.1, 0.15) is 28.4 Å². The molecule has 1 aromatic heterocycles. The number of nitrogens with one attached hydrogen (secondary N) is 1. The molecule has 19 heavy (non-hydrogen) atoms. The fourth-order valence-corrected chi connectivity index (χ4v) is 3.47. The number of hydrazine groups is 1. The molecule has 0 spiro atoms. The fourth-order valence-electron chi connectivity index (χ4n) is 2.52. The van der Waals surface area contributed by atoms with E-state index in [1.54, 1.807) is 0 Å². The van der Waals surface area contributed by atoms with Crippen molar-refractivity contribution in [2.75, 3.05) is 20.1 Å². The highest BCUT2D eigenvalue weighted by Gasteiger charge is 2.26. The van der Waals surface area contributed by atoms with Gasteiger partial charge in [0, 0.05) is 36.6 Å². The molecule has 0 bridgehead atoms. The van der Waals surface area contributed by atoms with Crippen LogP contribution in [0, 0.1) is 0 Å². The first-order valence-electron chi connectivity index (χ1n) is 6.55. The highest BCUT2D eigenvalue weighted by atomic mass is 32.1.